The van der Waals surface area contributed by atoms with Gasteiger partial charge in [-0.1, -0.05) is 36.4 Å². The average molecular weight is 533 g/mol. The molecule has 5 N–H and O–H groups in total. The highest BCUT2D eigenvalue weighted by molar-refractivity contribution is 6.10. The molecule has 4 aromatic carbocycles. The summed E-state index contributed by atoms with van der Waals surface area (Å²) in [5.74, 6) is 0.0107. The summed E-state index contributed by atoms with van der Waals surface area (Å²) in [5, 5.41) is 22.8. The first-order chi connectivity index (χ1) is 19.4. The smallest absolute Gasteiger partial charge is 0.335 e. The van der Waals surface area contributed by atoms with Crippen LogP contribution < -0.4 is 16.0 Å². The zero-order valence-corrected chi connectivity index (χ0v) is 22.4. The Kier molecular flexibility index (Phi) is 6.69. The molecule has 0 spiro atoms. The number of fused-ring (bicyclic) bond motifs is 2. The van der Waals surface area contributed by atoms with E-state index in [1.54, 1.807) is 12.1 Å². The quantitative estimate of drug-likeness (QED) is 0.168. The standard InChI is InChI=1S/C32H32N6O2/c1-20-36-28-12-10-24(37(23-14-16-35-17-15-23)19-21-6-8-22(9-7-21)32(39)40)18-30(28)38(20)29-13-11-27(31(33)34)25-4-2-3-5-26(25)29/h2-13,18,23,35H,14-17,19H2,1H3,(H3,33,34)(H,39,40). The number of carboxylic acids is 1. The number of amidine groups is 1. The van der Waals surface area contributed by atoms with Crippen molar-refractivity contribution < 1.29 is 9.90 Å². The van der Waals surface area contributed by atoms with E-state index in [1.165, 1.54) is 0 Å². The third-order valence-electron chi connectivity index (χ3n) is 7.87. The van der Waals surface area contributed by atoms with Gasteiger partial charge in [-0.15, -0.1) is 0 Å². The molecule has 1 fully saturated rings. The van der Waals surface area contributed by atoms with Crippen LogP contribution in [-0.2, 0) is 6.54 Å². The molecular formula is C32H32N6O2. The second-order valence-corrected chi connectivity index (χ2v) is 10.4. The molecule has 1 aromatic heterocycles. The van der Waals surface area contributed by atoms with Crippen molar-refractivity contribution in [3.63, 3.8) is 0 Å². The maximum atomic E-state index is 11.4. The van der Waals surface area contributed by atoms with E-state index in [0.717, 1.165) is 70.5 Å². The minimum absolute atomic E-state index is 0.0475. The highest BCUT2D eigenvalue weighted by atomic mass is 16.4. The molecule has 2 heterocycles. The number of carbonyl (C=O) groups is 1. The minimum Gasteiger partial charge on any atom is -0.478 e. The summed E-state index contributed by atoms with van der Waals surface area (Å²) < 4.78 is 2.19. The van der Waals surface area contributed by atoms with E-state index in [9.17, 15) is 9.90 Å². The lowest BCUT2D eigenvalue weighted by atomic mass is 10.0. The molecule has 8 heteroatoms. The number of hydrogen-bond donors (Lipinski definition) is 4. The first kappa shape index (κ1) is 25.6. The maximum absolute atomic E-state index is 11.4. The average Bonchev–Trinajstić information content (AvgIpc) is 3.30. The molecule has 0 atom stereocenters. The number of aryl methyl sites for hydroxylation is 1. The Labute approximate surface area is 232 Å². The van der Waals surface area contributed by atoms with Crippen molar-refractivity contribution in [3.05, 3.63) is 101 Å². The predicted octanol–water partition coefficient (Wildman–Crippen LogP) is 5.23. The molecule has 1 saturated heterocycles. The van der Waals surface area contributed by atoms with Crippen LogP contribution in [0.3, 0.4) is 0 Å². The molecule has 6 rings (SSSR count). The van der Waals surface area contributed by atoms with E-state index in [1.807, 2.05) is 49.4 Å². The summed E-state index contributed by atoms with van der Waals surface area (Å²) in [6, 6.07) is 25.9. The Bertz CT molecular complexity index is 1730. The fourth-order valence-corrected chi connectivity index (χ4v) is 5.88. The normalized spacial score (nSPS) is 14.0. The number of piperidine rings is 1. The van der Waals surface area contributed by atoms with Crippen LogP contribution in [0.1, 0.15) is 40.2 Å². The molecular weight excluding hydrogens is 500 g/mol. The molecule has 0 amide bonds. The van der Waals surface area contributed by atoms with Gasteiger partial charge < -0.3 is 21.1 Å². The number of nitrogens with one attached hydrogen (secondary N) is 2. The lowest BCUT2D eigenvalue weighted by molar-refractivity contribution is 0.0697. The van der Waals surface area contributed by atoms with Crippen molar-refractivity contribution in [3.8, 4) is 5.69 Å². The number of carboxylic acid groups (broad SMARTS) is 1. The number of hydrogen-bond acceptors (Lipinski definition) is 5. The van der Waals surface area contributed by atoms with Gasteiger partial charge in [0.25, 0.3) is 0 Å². The Morgan fingerprint density at radius 3 is 2.48 bits per heavy atom. The zero-order chi connectivity index (χ0) is 27.8. The van der Waals surface area contributed by atoms with Crippen LogP contribution >= 0.6 is 0 Å². The molecule has 1 aliphatic heterocycles. The van der Waals surface area contributed by atoms with Crippen LogP contribution in [0.2, 0.25) is 0 Å². The fourth-order valence-electron chi connectivity index (χ4n) is 5.88. The van der Waals surface area contributed by atoms with Gasteiger partial charge >= 0.3 is 5.97 Å². The first-order valence-electron chi connectivity index (χ1n) is 13.6. The summed E-state index contributed by atoms with van der Waals surface area (Å²) in [5.41, 5.74) is 12.0. The second-order valence-electron chi connectivity index (χ2n) is 10.4. The monoisotopic (exact) mass is 532 g/mol. The lowest BCUT2D eigenvalue weighted by Crippen LogP contribution is -2.43. The van der Waals surface area contributed by atoms with Crippen molar-refractivity contribution in [2.75, 3.05) is 18.0 Å². The van der Waals surface area contributed by atoms with Crippen molar-refractivity contribution in [1.82, 2.24) is 14.9 Å². The molecule has 40 heavy (non-hydrogen) atoms. The van der Waals surface area contributed by atoms with Crippen molar-refractivity contribution >= 4 is 39.3 Å². The number of nitrogens with two attached hydrogens (primary N) is 1. The highest BCUT2D eigenvalue weighted by Gasteiger charge is 2.23. The van der Waals surface area contributed by atoms with Gasteiger partial charge in [0, 0.05) is 29.2 Å². The molecule has 1 aliphatic rings. The molecule has 0 aliphatic carbocycles. The summed E-state index contributed by atoms with van der Waals surface area (Å²) >= 11 is 0. The van der Waals surface area contributed by atoms with Gasteiger partial charge in [0.1, 0.15) is 11.7 Å². The predicted molar refractivity (Wildman–Crippen MR) is 160 cm³/mol. The summed E-state index contributed by atoms with van der Waals surface area (Å²) in [6.45, 7) is 4.63. The van der Waals surface area contributed by atoms with Crippen LogP contribution in [0.5, 0.6) is 0 Å². The van der Waals surface area contributed by atoms with Crippen molar-refractivity contribution in [2.24, 2.45) is 5.73 Å². The maximum Gasteiger partial charge on any atom is 0.335 e. The molecule has 0 radical (unpaired) electrons. The molecule has 0 unspecified atom stereocenters. The Morgan fingerprint density at radius 1 is 1.05 bits per heavy atom. The largest absolute Gasteiger partial charge is 0.478 e. The number of rotatable bonds is 7. The fraction of sp³-hybridized carbons (Fsp3) is 0.219. The minimum atomic E-state index is -0.917. The van der Waals surface area contributed by atoms with Crippen LogP contribution in [-0.4, -0.2) is 45.6 Å². The molecule has 0 bridgehead atoms. The Hall–Kier alpha value is -4.69. The number of nitrogens with zero attached hydrogens (tertiary/aromatic N) is 3. The van der Waals surface area contributed by atoms with Gasteiger partial charge in [-0.05, 0) is 86.3 Å². The zero-order valence-electron chi connectivity index (χ0n) is 22.4. The van der Waals surface area contributed by atoms with Gasteiger partial charge in [-0.25, -0.2) is 9.78 Å². The molecule has 5 aromatic rings. The lowest BCUT2D eigenvalue weighted by Gasteiger charge is -2.36. The number of nitrogen functional groups attached to an aromatic ring is 1. The van der Waals surface area contributed by atoms with Gasteiger partial charge in [-0.2, -0.15) is 0 Å². The number of aromatic carboxylic acids is 1. The van der Waals surface area contributed by atoms with Crippen LogP contribution in [0.25, 0.3) is 27.5 Å². The number of imidazole rings is 1. The number of aromatic nitrogens is 2. The molecule has 8 nitrogen and oxygen atoms in total. The van der Waals surface area contributed by atoms with Gasteiger partial charge in [-0.3, -0.25) is 9.98 Å². The summed E-state index contributed by atoms with van der Waals surface area (Å²) in [4.78, 5) is 18.7. The van der Waals surface area contributed by atoms with E-state index < -0.39 is 5.97 Å². The SMILES string of the molecule is Cc1nc2ccc(N(Cc3ccc(C(=O)O)cc3)C3CCNCC3)cc2n1-c1ccc(C(=N)N)c2ccccc12. The second kappa shape index (κ2) is 10.5. The third kappa shape index (κ3) is 4.67. The van der Waals surface area contributed by atoms with Crippen LogP contribution in [0.4, 0.5) is 5.69 Å². The van der Waals surface area contributed by atoms with E-state index in [-0.39, 0.29) is 5.84 Å². The highest BCUT2D eigenvalue weighted by Crippen LogP contribution is 2.33. The van der Waals surface area contributed by atoms with Gasteiger partial charge in [0.05, 0.1) is 22.3 Å². The summed E-state index contributed by atoms with van der Waals surface area (Å²) in [7, 11) is 0. The number of benzene rings is 4. The van der Waals surface area contributed by atoms with E-state index in [0.29, 0.717) is 23.7 Å². The molecule has 202 valence electrons. The van der Waals surface area contributed by atoms with E-state index in [2.05, 4.69) is 39.0 Å². The topological polar surface area (TPSA) is 120 Å². The van der Waals surface area contributed by atoms with Gasteiger partial charge in [0.2, 0.25) is 0 Å². The van der Waals surface area contributed by atoms with Gasteiger partial charge in [0.15, 0.2) is 0 Å². The summed E-state index contributed by atoms with van der Waals surface area (Å²) in [6.07, 6.45) is 2.06. The Balaban J connectivity index is 1.47. The van der Waals surface area contributed by atoms with Crippen molar-refractivity contribution in [2.45, 2.75) is 32.4 Å². The van der Waals surface area contributed by atoms with E-state index >= 15 is 0 Å². The first-order valence-corrected chi connectivity index (χ1v) is 13.6. The number of anilines is 1. The van der Waals surface area contributed by atoms with E-state index in [4.69, 9.17) is 16.1 Å². The van der Waals surface area contributed by atoms with Crippen molar-refractivity contribution in [1.29, 1.82) is 5.41 Å². The van der Waals surface area contributed by atoms with Crippen LogP contribution in [0.15, 0.2) is 78.9 Å². The third-order valence-corrected chi connectivity index (χ3v) is 7.87. The van der Waals surface area contributed by atoms with Crippen LogP contribution in [0, 0.1) is 12.3 Å². The molecule has 0 saturated carbocycles. The Morgan fingerprint density at radius 2 is 1.77 bits per heavy atom.